The van der Waals surface area contributed by atoms with Crippen LogP contribution < -0.4 is 14.8 Å². The van der Waals surface area contributed by atoms with Crippen LogP contribution in [0.15, 0.2) is 18.2 Å². The molecule has 0 bridgehead atoms. The smallest absolute Gasteiger partial charge is 0.235 e. The van der Waals surface area contributed by atoms with Crippen molar-refractivity contribution in [2.45, 2.75) is 12.2 Å². The Hall–Kier alpha value is -2.15. The lowest BCUT2D eigenvalue weighted by Gasteiger charge is -2.17. The van der Waals surface area contributed by atoms with Gasteiger partial charge in [0.2, 0.25) is 5.91 Å². The summed E-state index contributed by atoms with van der Waals surface area (Å²) in [5, 5.41) is 9.98. The summed E-state index contributed by atoms with van der Waals surface area (Å²) in [6.07, 6.45) is 0. The van der Waals surface area contributed by atoms with Gasteiger partial charge in [0.25, 0.3) is 0 Å². The van der Waals surface area contributed by atoms with Crippen molar-refractivity contribution in [2.24, 2.45) is 0 Å². The summed E-state index contributed by atoms with van der Waals surface area (Å²) in [5.41, 5.74) is 3.00. The van der Waals surface area contributed by atoms with Crippen LogP contribution in [0.25, 0.3) is 0 Å². The Morgan fingerprint density at radius 2 is 2.05 bits per heavy atom. The van der Waals surface area contributed by atoms with Crippen LogP contribution in [0.2, 0.25) is 0 Å². The zero-order valence-corrected chi connectivity index (χ0v) is 13.4. The predicted molar refractivity (Wildman–Crippen MR) is 85.8 cm³/mol. The molecule has 0 fully saturated rings. The standard InChI is InChI=1S/C15H17N3O3S/c1-8-13-14(22-7-12(19)16-15(13)18-17-8)9-4-5-10(20-2)11(6-9)21-3/h4-6,14H,7H2,1-3H3,(H2,16,17,18,19)/t14-/m1/s1. The minimum Gasteiger partial charge on any atom is -0.493 e. The fourth-order valence-corrected chi connectivity index (χ4v) is 3.73. The topological polar surface area (TPSA) is 76.2 Å². The first kappa shape index (κ1) is 14.8. The number of ether oxygens (including phenoxy) is 2. The molecule has 2 N–H and O–H groups in total. The Morgan fingerprint density at radius 1 is 1.27 bits per heavy atom. The third kappa shape index (κ3) is 2.52. The van der Waals surface area contributed by atoms with Gasteiger partial charge in [-0.25, -0.2) is 0 Å². The molecule has 1 atom stereocenters. The summed E-state index contributed by atoms with van der Waals surface area (Å²) in [4.78, 5) is 11.8. The third-order valence-corrected chi connectivity index (χ3v) is 4.88. The van der Waals surface area contributed by atoms with Crippen LogP contribution in [0.1, 0.15) is 22.1 Å². The molecule has 1 aromatic carbocycles. The Balaban J connectivity index is 2.07. The molecule has 1 amide bonds. The number of nitrogens with one attached hydrogen (secondary N) is 2. The zero-order chi connectivity index (χ0) is 15.7. The molecule has 1 aliphatic heterocycles. The van der Waals surface area contributed by atoms with Gasteiger partial charge in [0.1, 0.15) is 0 Å². The molecule has 0 saturated carbocycles. The van der Waals surface area contributed by atoms with Crippen molar-refractivity contribution in [3.63, 3.8) is 0 Å². The number of carbonyl (C=O) groups is 1. The number of benzene rings is 1. The number of carbonyl (C=O) groups excluding carboxylic acids is 1. The molecular formula is C15H17N3O3S. The molecule has 3 rings (SSSR count). The van der Waals surface area contributed by atoms with Crippen LogP contribution in [0.3, 0.4) is 0 Å². The first-order valence-electron chi connectivity index (χ1n) is 6.82. The number of fused-ring (bicyclic) bond motifs is 1. The maximum Gasteiger partial charge on any atom is 0.235 e. The summed E-state index contributed by atoms with van der Waals surface area (Å²) < 4.78 is 10.7. The molecular weight excluding hydrogens is 302 g/mol. The van der Waals surface area contributed by atoms with Crippen LogP contribution >= 0.6 is 11.8 Å². The van der Waals surface area contributed by atoms with E-state index in [1.807, 2.05) is 25.1 Å². The van der Waals surface area contributed by atoms with E-state index in [1.54, 1.807) is 26.0 Å². The van der Waals surface area contributed by atoms with Crippen LogP contribution in [-0.2, 0) is 4.79 Å². The number of aromatic nitrogens is 2. The molecule has 0 spiro atoms. The number of H-pyrrole nitrogens is 1. The molecule has 1 aromatic heterocycles. The van der Waals surface area contributed by atoms with Crippen molar-refractivity contribution in [1.82, 2.24) is 10.2 Å². The Morgan fingerprint density at radius 3 is 2.77 bits per heavy atom. The van der Waals surface area contributed by atoms with Crippen molar-refractivity contribution >= 4 is 23.5 Å². The zero-order valence-electron chi connectivity index (χ0n) is 12.6. The number of aryl methyl sites for hydroxylation is 1. The number of rotatable bonds is 3. The number of methoxy groups -OCH3 is 2. The van der Waals surface area contributed by atoms with E-state index < -0.39 is 0 Å². The number of thioether (sulfide) groups is 1. The van der Waals surface area contributed by atoms with Gasteiger partial charge in [-0.2, -0.15) is 5.10 Å². The van der Waals surface area contributed by atoms with Gasteiger partial charge in [-0.05, 0) is 24.6 Å². The number of anilines is 1. The molecule has 0 saturated heterocycles. The van der Waals surface area contributed by atoms with E-state index in [9.17, 15) is 4.79 Å². The van der Waals surface area contributed by atoms with E-state index in [1.165, 1.54) is 0 Å². The molecule has 7 heteroatoms. The van der Waals surface area contributed by atoms with Crippen LogP contribution in [-0.4, -0.2) is 36.1 Å². The fraction of sp³-hybridized carbons (Fsp3) is 0.333. The molecule has 0 aliphatic carbocycles. The molecule has 1 aliphatic rings. The van der Waals surface area contributed by atoms with Gasteiger partial charge in [0.05, 0.1) is 25.2 Å². The number of amides is 1. The minimum absolute atomic E-state index is 0.00695. The molecule has 6 nitrogen and oxygen atoms in total. The maximum absolute atomic E-state index is 11.8. The first-order valence-corrected chi connectivity index (χ1v) is 7.87. The molecule has 0 unspecified atom stereocenters. The molecule has 2 aromatic rings. The molecule has 0 radical (unpaired) electrons. The van der Waals surface area contributed by atoms with Crippen molar-refractivity contribution in [2.75, 3.05) is 25.3 Å². The van der Waals surface area contributed by atoms with E-state index in [0.29, 0.717) is 23.1 Å². The normalized spacial score (nSPS) is 17.4. The van der Waals surface area contributed by atoms with E-state index in [-0.39, 0.29) is 11.2 Å². The van der Waals surface area contributed by atoms with Crippen LogP contribution in [0, 0.1) is 6.92 Å². The lowest BCUT2D eigenvalue weighted by Crippen LogP contribution is -2.12. The summed E-state index contributed by atoms with van der Waals surface area (Å²) in [6, 6.07) is 5.82. The fourth-order valence-electron chi connectivity index (χ4n) is 2.54. The van der Waals surface area contributed by atoms with E-state index >= 15 is 0 Å². The number of hydrogen-bond donors (Lipinski definition) is 2. The number of aromatic amines is 1. The van der Waals surface area contributed by atoms with E-state index in [2.05, 4.69) is 15.5 Å². The Labute approximate surface area is 132 Å². The molecule has 22 heavy (non-hydrogen) atoms. The van der Waals surface area contributed by atoms with Crippen molar-refractivity contribution in [3.05, 3.63) is 35.0 Å². The largest absolute Gasteiger partial charge is 0.493 e. The van der Waals surface area contributed by atoms with Gasteiger partial charge in [0.15, 0.2) is 17.3 Å². The van der Waals surface area contributed by atoms with Gasteiger partial charge in [0, 0.05) is 11.3 Å². The second kappa shape index (κ2) is 5.92. The summed E-state index contributed by atoms with van der Waals surface area (Å²) in [6.45, 7) is 1.96. The number of nitrogens with zero attached hydrogens (tertiary/aromatic N) is 1. The average Bonchev–Trinajstić information content (AvgIpc) is 2.79. The highest BCUT2D eigenvalue weighted by Gasteiger charge is 2.28. The van der Waals surface area contributed by atoms with Gasteiger partial charge >= 0.3 is 0 Å². The Kier molecular flexibility index (Phi) is 3.98. The summed E-state index contributed by atoms with van der Waals surface area (Å²) in [7, 11) is 3.22. The summed E-state index contributed by atoms with van der Waals surface area (Å²) in [5.74, 6) is 2.30. The highest BCUT2D eigenvalue weighted by atomic mass is 32.2. The van der Waals surface area contributed by atoms with Gasteiger partial charge in [-0.15, -0.1) is 11.8 Å². The minimum atomic E-state index is -0.0410. The Bertz CT molecular complexity index is 714. The quantitative estimate of drug-likeness (QED) is 0.909. The van der Waals surface area contributed by atoms with E-state index in [4.69, 9.17) is 9.47 Å². The second-order valence-corrected chi connectivity index (χ2v) is 6.06. The number of hydrogen-bond acceptors (Lipinski definition) is 5. The van der Waals surface area contributed by atoms with Crippen molar-refractivity contribution in [1.29, 1.82) is 0 Å². The second-order valence-electron chi connectivity index (χ2n) is 4.96. The first-order chi connectivity index (χ1) is 10.6. The van der Waals surface area contributed by atoms with Crippen LogP contribution in [0.4, 0.5) is 5.82 Å². The van der Waals surface area contributed by atoms with Gasteiger partial charge in [-0.1, -0.05) is 6.07 Å². The predicted octanol–water partition coefficient (Wildman–Crippen LogP) is 2.51. The average molecular weight is 319 g/mol. The van der Waals surface area contributed by atoms with E-state index in [0.717, 1.165) is 16.8 Å². The molecule has 116 valence electrons. The highest BCUT2D eigenvalue weighted by molar-refractivity contribution is 8.00. The third-order valence-electron chi connectivity index (χ3n) is 3.61. The van der Waals surface area contributed by atoms with Crippen molar-refractivity contribution < 1.29 is 14.3 Å². The SMILES string of the molecule is COc1ccc([C@H]2SCC(=O)Nc3n[nH]c(C)c32)cc1OC. The van der Waals surface area contributed by atoms with Crippen LogP contribution in [0.5, 0.6) is 11.5 Å². The maximum atomic E-state index is 11.8. The van der Waals surface area contributed by atoms with Crippen molar-refractivity contribution in [3.8, 4) is 11.5 Å². The van der Waals surface area contributed by atoms with Gasteiger partial charge in [-0.3, -0.25) is 9.89 Å². The summed E-state index contributed by atoms with van der Waals surface area (Å²) >= 11 is 1.57. The molecule has 2 heterocycles. The highest BCUT2D eigenvalue weighted by Crippen LogP contribution is 2.44. The lowest BCUT2D eigenvalue weighted by atomic mass is 10.0. The van der Waals surface area contributed by atoms with Gasteiger partial charge < -0.3 is 14.8 Å². The lowest BCUT2D eigenvalue weighted by molar-refractivity contribution is -0.113. The monoisotopic (exact) mass is 319 g/mol.